The van der Waals surface area contributed by atoms with E-state index in [-0.39, 0.29) is 6.10 Å². The Hall–Kier alpha value is -2.25. The maximum Gasteiger partial charge on any atom is 0.203 e. The average Bonchev–Trinajstić information content (AvgIpc) is 3.08. The van der Waals surface area contributed by atoms with Gasteiger partial charge in [-0.15, -0.1) is 0 Å². The van der Waals surface area contributed by atoms with Crippen LogP contribution < -0.4 is 19.5 Å². The normalized spacial score (nSPS) is 16.5. The molecule has 130 valence electrons. The Bertz CT molecular complexity index is 661. The van der Waals surface area contributed by atoms with Gasteiger partial charge in [0.25, 0.3) is 0 Å². The first-order valence-corrected chi connectivity index (χ1v) is 7.86. The van der Waals surface area contributed by atoms with Crippen molar-refractivity contribution in [3.8, 4) is 17.2 Å². The summed E-state index contributed by atoms with van der Waals surface area (Å²) in [5.74, 6) is 2.90. The van der Waals surface area contributed by atoms with Crippen molar-refractivity contribution in [3.05, 3.63) is 35.9 Å². The largest absolute Gasteiger partial charge is 0.493 e. The van der Waals surface area contributed by atoms with Crippen LogP contribution in [0.2, 0.25) is 0 Å². The molecule has 24 heavy (non-hydrogen) atoms. The average molecular weight is 333 g/mol. The van der Waals surface area contributed by atoms with Gasteiger partial charge in [-0.1, -0.05) is 0 Å². The van der Waals surface area contributed by atoms with E-state index >= 15 is 0 Å². The minimum absolute atomic E-state index is 0.133. The van der Waals surface area contributed by atoms with Gasteiger partial charge < -0.3 is 28.8 Å². The van der Waals surface area contributed by atoms with Crippen molar-refractivity contribution in [3.63, 3.8) is 0 Å². The number of hydrogen-bond acceptors (Lipinski definition) is 6. The number of methoxy groups -OCH3 is 3. The molecule has 2 aromatic rings. The second-order valence-electron chi connectivity index (χ2n) is 5.59. The number of rotatable bonds is 7. The molecule has 0 spiro atoms. The van der Waals surface area contributed by atoms with Crippen LogP contribution in [-0.4, -0.2) is 43.5 Å². The molecule has 1 N–H and O–H groups in total. The fraction of sp³-hybridized carbons (Fsp3) is 0.471. The van der Waals surface area contributed by atoms with Gasteiger partial charge >= 0.3 is 0 Å². The van der Waals surface area contributed by atoms with E-state index in [1.165, 1.54) is 0 Å². The molecule has 0 saturated heterocycles. The number of nitrogens with zero attached hydrogens (tertiary/aromatic N) is 2. The van der Waals surface area contributed by atoms with E-state index in [1.54, 1.807) is 21.3 Å². The number of nitrogens with one attached hydrogen (secondary N) is 1. The van der Waals surface area contributed by atoms with E-state index in [9.17, 15) is 0 Å². The Morgan fingerprint density at radius 1 is 1.21 bits per heavy atom. The Kier molecular flexibility index (Phi) is 5.22. The summed E-state index contributed by atoms with van der Waals surface area (Å²) < 4.78 is 24.0. The smallest absolute Gasteiger partial charge is 0.203 e. The summed E-state index contributed by atoms with van der Waals surface area (Å²) in [6.07, 6.45) is 3.93. The van der Waals surface area contributed by atoms with E-state index in [0.717, 1.165) is 24.5 Å². The van der Waals surface area contributed by atoms with Crippen LogP contribution in [0.4, 0.5) is 0 Å². The molecule has 1 aromatic carbocycles. The lowest BCUT2D eigenvalue weighted by atomic mass is 10.1. The molecule has 7 nitrogen and oxygen atoms in total. The second kappa shape index (κ2) is 7.55. The molecule has 1 aromatic heterocycles. The van der Waals surface area contributed by atoms with E-state index in [1.807, 2.05) is 24.5 Å². The van der Waals surface area contributed by atoms with Gasteiger partial charge in [0.2, 0.25) is 5.75 Å². The highest BCUT2D eigenvalue weighted by molar-refractivity contribution is 5.53. The summed E-state index contributed by atoms with van der Waals surface area (Å²) in [6, 6.07) is 3.90. The third-order valence-electron chi connectivity index (χ3n) is 4.08. The third kappa shape index (κ3) is 3.47. The summed E-state index contributed by atoms with van der Waals surface area (Å²) in [4.78, 5) is 4.25. The lowest BCUT2D eigenvalue weighted by Gasteiger charge is -2.24. The van der Waals surface area contributed by atoms with Crippen LogP contribution >= 0.6 is 0 Å². The molecule has 0 bridgehead atoms. The van der Waals surface area contributed by atoms with Crippen molar-refractivity contribution < 1.29 is 18.9 Å². The lowest BCUT2D eigenvalue weighted by molar-refractivity contribution is 0.00277. The number of fused-ring (bicyclic) bond motifs is 1. The number of benzene rings is 1. The topological polar surface area (TPSA) is 66.8 Å². The van der Waals surface area contributed by atoms with E-state index in [2.05, 4.69) is 14.9 Å². The first kappa shape index (κ1) is 16.6. The highest BCUT2D eigenvalue weighted by Gasteiger charge is 2.19. The Balaban J connectivity index is 1.59. The standard InChI is InChI=1S/C17H23N3O4/c1-21-14-6-12(7-15(22-2)17(14)23-3)8-18-9-13-10-20-5-4-19-16(20)11-24-13/h4-7,13,18H,8-11H2,1-3H3/t13-/m0/s1. The number of hydrogen-bond donors (Lipinski definition) is 1. The molecular weight excluding hydrogens is 310 g/mol. The van der Waals surface area contributed by atoms with E-state index < -0.39 is 0 Å². The maximum absolute atomic E-state index is 5.81. The molecule has 2 heterocycles. The Labute approximate surface area is 141 Å². The predicted octanol–water partition coefficient (Wildman–Crippen LogP) is 1.60. The van der Waals surface area contributed by atoms with Crippen LogP contribution in [0.5, 0.6) is 17.2 Å². The molecule has 0 radical (unpaired) electrons. The number of aromatic nitrogens is 2. The molecule has 1 atom stereocenters. The highest BCUT2D eigenvalue weighted by Crippen LogP contribution is 2.38. The molecule has 0 unspecified atom stereocenters. The quantitative estimate of drug-likeness (QED) is 0.830. The third-order valence-corrected chi connectivity index (χ3v) is 4.08. The van der Waals surface area contributed by atoms with Crippen molar-refractivity contribution in [2.75, 3.05) is 27.9 Å². The number of ether oxygens (including phenoxy) is 4. The fourth-order valence-corrected chi connectivity index (χ4v) is 2.85. The summed E-state index contributed by atoms with van der Waals surface area (Å²) >= 11 is 0. The number of imidazole rings is 1. The van der Waals surface area contributed by atoms with Crippen molar-refractivity contribution in [2.24, 2.45) is 0 Å². The van der Waals surface area contributed by atoms with Crippen molar-refractivity contribution >= 4 is 0 Å². The van der Waals surface area contributed by atoms with Gasteiger partial charge in [-0.25, -0.2) is 4.98 Å². The van der Waals surface area contributed by atoms with Gasteiger partial charge in [0, 0.05) is 25.5 Å². The Morgan fingerprint density at radius 2 is 1.96 bits per heavy atom. The lowest BCUT2D eigenvalue weighted by Crippen LogP contribution is -2.35. The van der Waals surface area contributed by atoms with Gasteiger partial charge in [-0.2, -0.15) is 0 Å². The van der Waals surface area contributed by atoms with Crippen LogP contribution in [0.15, 0.2) is 24.5 Å². The zero-order valence-corrected chi connectivity index (χ0v) is 14.2. The minimum Gasteiger partial charge on any atom is -0.493 e. The maximum atomic E-state index is 5.81. The molecule has 0 amide bonds. The van der Waals surface area contributed by atoms with Crippen molar-refractivity contribution in [1.82, 2.24) is 14.9 Å². The Morgan fingerprint density at radius 3 is 2.62 bits per heavy atom. The van der Waals surface area contributed by atoms with Crippen LogP contribution in [0, 0.1) is 0 Å². The van der Waals surface area contributed by atoms with Gasteiger partial charge in [0.05, 0.1) is 34.0 Å². The predicted molar refractivity (Wildman–Crippen MR) is 88.6 cm³/mol. The molecule has 1 aliphatic rings. The first-order valence-electron chi connectivity index (χ1n) is 7.86. The molecular formula is C17H23N3O4. The zero-order chi connectivity index (χ0) is 16.9. The molecule has 7 heteroatoms. The van der Waals surface area contributed by atoms with Gasteiger partial charge in [0.1, 0.15) is 12.4 Å². The monoisotopic (exact) mass is 333 g/mol. The first-order chi connectivity index (χ1) is 11.7. The van der Waals surface area contributed by atoms with Gasteiger partial charge in [-0.05, 0) is 17.7 Å². The molecule has 1 aliphatic heterocycles. The van der Waals surface area contributed by atoms with E-state index in [4.69, 9.17) is 18.9 Å². The zero-order valence-electron chi connectivity index (χ0n) is 14.2. The second-order valence-corrected chi connectivity index (χ2v) is 5.59. The van der Waals surface area contributed by atoms with Crippen molar-refractivity contribution in [1.29, 1.82) is 0 Å². The van der Waals surface area contributed by atoms with Gasteiger partial charge in [-0.3, -0.25) is 0 Å². The van der Waals surface area contributed by atoms with E-state index in [0.29, 0.717) is 30.4 Å². The van der Waals surface area contributed by atoms with Crippen LogP contribution in [0.1, 0.15) is 11.4 Å². The molecule has 0 fully saturated rings. The fourth-order valence-electron chi connectivity index (χ4n) is 2.85. The van der Waals surface area contributed by atoms with Gasteiger partial charge in [0.15, 0.2) is 11.5 Å². The SMILES string of the molecule is COc1cc(CNC[C@H]2Cn3ccnc3CO2)cc(OC)c1OC. The summed E-state index contributed by atoms with van der Waals surface area (Å²) in [7, 11) is 4.84. The molecule has 0 aliphatic carbocycles. The molecule has 3 rings (SSSR count). The summed E-state index contributed by atoms with van der Waals surface area (Å²) in [5, 5.41) is 3.42. The van der Waals surface area contributed by atoms with Crippen LogP contribution in [-0.2, 0) is 24.4 Å². The summed E-state index contributed by atoms with van der Waals surface area (Å²) in [6.45, 7) is 2.82. The van der Waals surface area contributed by atoms with Crippen molar-refractivity contribution in [2.45, 2.75) is 25.8 Å². The van der Waals surface area contributed by atoms with Crippen LogP contribution in [0.25, 0.3) is 0 Å². The van der Waals surface area contributed by atoms with Crippen LogP contribution in [0.3, 0.4) is 0 Å². The summed E-state index contributed by atoms with van der Waals surface area (Å²) in [5.41, 5.74) is 1.06. The highest BCUT2D eigenvalue weighted by atomic mass is 16.5. The molecule has 0 saturated carbocycles. The minimum atomic E-state index is 0.133.